The highest BCUT2D eigenvalue weighted by atomic mass is 79.9. The quantitative estimate of drug-likeness (QED) is 0.432. The van der Waals surface area contributed by atoms with Crippen molar-refractivity contribution in [3.05, 3.63) is 88.4 Å². The van der Waals surface area contributed by atoms with Crippen LogP contribution in [0.3, 0.4) is 0 Å². The predicted octanol–water partition coefficient (Wildman–Crippen LogP) is 6.32. The second-order valence-corrected chi connectivity index (χ2v) is 9.05. The van der Waals surface area contributed by atoms with Crippen molar-refractivity contribution in [1.82, 2.24) is 4.90 Å². The van der Waals surface area contributed by atoms with Crippen molar-refractivity contribution in [3.63, 3.8) is 0 Å². The molecule has 1 aliphatic rings. The third-order valence-corrected chi connectivity index (χ3v) is 6.93. The van der Waals surface area contributed by atoms with Gasteiger partial charge in [-0.05, 0) is 51.3 Å². The second-order valence-electron chi connectivity index (χ2n) is 7.01. The van der Waals surface area contributed by atoms with Crippen LogP contribution >= 0.6 is 27.7 Å². The molecule has 2 amide bonds. The molecule has 0 aromatic heterocycles. The number of hydrogen-bond donors (Lipinski definition) is 1. The van der Waals surface area contributed by atoms with Crippen molar-refractivity contribution in [2.75, 3.05) is 24.7 Å². The Labute approximate surface area is 194 Å². The molecule has 31 heavy (non-hydrogen) atoms. The minimum Gasteiger partial charge on any atom is -0.493 e. The van der Waals surface area contributed by atoms with Gasteiger partial charge < -0.3 is 19.7 Å². The zero-order chi connectivity index (χ0) is 21.6. The summed E-state index contributed by atoms with van der Waals surface area (Å²) in [5, 5.41) is 2.92. The minimum atomic E-state index is -0.120. The number of carbonyl (C=O) groups is 1. The molecule has 1 N–H and O–H groups in total. The molecule has 0 saturated carbocycles. The van der Waals surface area contributed by atoms with Gasteiger partial charge in [-0.2, -0.15) is 0 Å². The molecule has 1 atom stereocenters. The van der Waals surface area contributed by atoms with Crippen LogP contribution in [0.5, 0.6) is 11.5 Å². The van der Waals surface area contributed by atoms with Crippen molar-refractivity contribution in [2.24, 2.45) is 0 Å². The lowest BCUT2D eigenvalue weighted by Crippen LogP contribution is -2.34. The van der Waals surface area contributed by atoms with Gasteiger partial charge in [-0.3, -0.25) is 0 Å². The summed E-state index contributed by atoms with van der Waals surface area (Å²) in [4.78, 5) is 14.8. The molecule has 160 valence electrons. The van der Waals surface area contributed by atoms with E-state index in [4.69, 9.17) is 9.47 Å². The summed E-state index contributed by atoms with van der Waals surface area (Å²) in [5.74, 6) is 2.22. The average Bonchev–Trinajstić information content (AvgIpc) is 3.30. The molecule has 5 nitrogen and oxygen atoms in total. The highest BCUT2D eigenvalue weighted by Crippen LogP contribution is 2.41. The summed E-state index contributed by atoms with van der Waals surface area (Å²) in [7, 11) is 1.63. The van der Waals surface area contributed by atoms with E-state index in [1.54, 1.807) is 18.9 Å². The van der Waals surface area contributed by atoms with E-state index in [-0.39, 0.29) is 11.4 Å². The first-order valence-electron chi connectivity index (χ1n) is 9.94. The molecule has 1 fully saturated rings. The maximum atomic E-state index is 13.0. The zero-order valence-corrected chi connectivity index (χ0v) is 19.5. The van der Waals surface area contributed by atoms with E-state index in [0.29, 0.717) is 24.7 Å². The number of rotatable bonds is 6. The SMILES string of the molecule is COc1cc(C2SCCN2C(=O)Nc2ccccc2Br)ccc1OCc1ccccc1. The lowest BCUT2D eigenvalue weighted by atomic mass is 10.1. The van der Waals surface area contributed by atoms with Gasteiger partial charge in [0.25, 0.3) is 0 Å². The molecule has 1 aliphatic heterocycles. The summed E-state index contributed by atoms with van der Waals surface area (Å²) in [5.41, 5.74) is 2.86. The predicted molar refractivity (Wildman–Crippen MR) is 129 cm³/mol. The van der Waals surface area contributed by atoms with Crippen LogP contribution in [-0.4, -0.2) is 30.3 Å². The molecule has 4 rings (SSSR count). The highest BCUT2D eigenvalue weighted by Gasteiger charge is 2.31. The van der Waals surface area contributed by atoms with Crippen LogP contribution in [0.2, 0.25) is 0 Å². The number of methoxy groups -OCH3 is 1. The maximum Gasteiger partial charge on any atom is 0.323 e. The number of thioether (sulfide) groups is 1. The van der Waals surface area contributed by atoms with Gasteiger partial charge in [0.2, 0.25) is 0 Å². The maximum absolute atomic E-state index is 13.0. The molecular formula is C24H23BrN2O3S. The molecule has 0 spiro atoms. The van der Waals surface area contributed by atoms with Crippen LogP contribution in [0.1, 0.15) is 16.5 Å². The summed E-state index contributed by atoms with van der Waals surface area (Å²) < 4.78 is 12.4. The number of ether oxygens (including phenoxy) is 2. The number of nitrogens with one attached hydrogen (secondary N) is 1. The number of para-hydroxylation sites is 1. The van der Waals surface area contributed by atoms with Crippen molar-refractivity contribution < 1.29 is 14.3 Å². The summed E-state index contributed by atoms with van der Waals surface area (Å²) in [6.07, 6.45) is 0. The van der Waals surface area contributed by atoms with Crippen LogP contribution in [0.15, 0.2) is 77.3 Å². The van der Waals surface area contributed by atoms with E-state index in [1.165, 1.54) is 0 Å². The third-order valence-electron chi connectivity index (χ3n) is 4.98. The Balaban J connectivity index is 1.48. The Bertz CT molecular complexity index is 1050. The molecular weight excluding hydrogens is 476 g/mol. The average molecular weight is 499 g/mol. The molecule has 3 aromatic rings. The topological polar surface area (TPSA) is 50.8 Å². The van der Waals surface area contributed by atoms with Gasteiger partial charge in [0, 0.05) is 16.8 Å². The van der Waals surface area contributed by atoms with Crippen LogP contribution in [0.25, 0.3) is 0 Å². The highest BCUT2D eigenvalue weighted by molar-refractivity contribution is 9.10. The van der Waals surface area contributed by atoms with Crippen LogP contribution in [0.4, 0.5) is 10.5 Å². The van der Waals surface area contributed by atoms with Gasteiger partial charge >= 0.3 is 6.03 Å². The van der Waals surface area contributed by atoms with Gasteiger partial charge in [-0.1, -0.05) is 48.5 Å². The Morgan fingerprint density at radius 1 is 1.10 bits per heavy atom. The van der Waals surface area contributed by atoms with E-state index in [9.17, 15) is 4.79 Å². The Morgan fingerprint density at radius 3 is 2.65 bits per heavy atom. The van der Waals surface area contributed by atoms with Gasteiger partial charge in [0.15, 0.2) is 11.5 Å². The molecule has 0 bridgehead atoms. The van der Waals surface area contributed by atoms with Crippen molar-refractivity contribution in [3.8, 4) is 11.5 Å². The van der Waals surface area contributed by atoms with E-state index in [1.807, 2.05) is 77.7 Å². The standard InChI is InChI=1S/C24H23BrN2O3S/c1-29-22-15-18(11-12-21(22)30-16-17-7-3-2-4-8-17)23-27(13-14-31-23)24(28)26-20-10-6-5-9-19(20)25/h2-12,15,23H,13-14,16H2,1H3,(H,26,28). The van der Waals surface area contributed by atoms with Crippen molar-refractivity contribution in [2.45, 2.75) is 12.0 Å². The second kappa shape index (κ2) is 10.1. The molecule has 0 radical (unpaired) electrons. The van der Waals surface area contributed by atoms with Gasteiger partial charge in [-0.25, -0.2) is 4.79 Å². The number of urea groups is 1. The third kappa shape index (κ3) is 5.17. The first-order valence-corrected chi connectivity index (χ1v) is 11.8. The van der Waals surface area contributed by atoms with Gasteiger partial charge in [0.05, 0.1) is 12.8 Å². The fourth-order valence-electron chi connectivity index (χ4n) is 3.40. The van der Waals surface area contributed by atoms with E-state index < -0.39 is 0 Å². The van der Waals surface area contributed by atoms with Gasteiger partial charge in [0.1, 0.15) is 12.0 Å². The number of carbonyl (C=O) groups excluding carboxylic acids is 1. The molecule has 3 aromatic carbocycles. The Morgan fingerprint density at radius 2 is 1.87 bits per heavy atom. The molecule has 1 unspecified atom stereocenters. The normalized spacial score (nSPS) is 15.5. The first-order chi connectivity index (χ1) is 15.2. The zero-order valence-electron chi connectivity index (χ0n) is 17.1. The van der Waals surface area contributed by atoms with Crippen LogP contribution in [-0.2, 0) is 6.61 Å². The van der Waals surface area contributed by atoms with E-state index >= 15 is 0 Å². The fourth-order valence-corrected chi connectivity index (χ4v) is 5.03. The Hall–Kier alpha value is -2.64. The van der Waals surface area contributed by atoms with Crippen LogP contribution in [0, 0.1) is 0 Å². The fraction of sp³-hybridized carbons (Fsp3) is 0.208. The summed E-state index contributed by atoms with van der Waals surface area (Å²) in [6, 6.07) is 23.4. The number of amides is 2. The number of benzene rings is 3. The van der Waals surface area contributed by atoms with Crippen molar-refractivity contribution in [1.29, 1.82) is 0 Å². The number of nitrogens with zero attached hydrogens (tertiary/aromatic N) is 1. The monoisotopic (exact) mass is 498 g/mol. The number of halogens is 1. The molecule has 1 heterocycles. The first kappa shape index (κ1) is 21.6. The van der Waals surface area contributed by atoms with E-state index in [0.717, 1.165) is 27.0 Å². The minimum absolute atomic E-state index is 0.0837. The summed E-state index contributed by atoms with van der Waals surface area (Å²) >= 11 is 5.22. The largest absolute Gasteiger partial charge is 0.493 e. The Kier molecular flexibility index (Phi) is 7.04. The number of anilines is 1. The van der Waals surface area contributed by atoms with E-state index in [2.05, 4.69) is 21.2 Å². The lowest BCUT2D eigenvalue weighted by molar-refractivity contribution is 0.214. The lowest BCUT2D eigenvalue weighted by Gasteiger charge is -2.25. The number of hydrogen-bond acceptors (Lipinski definition) is 4. The molecule has 0 aliphatic carbocycles. The molecule has 7 heteroatoms. The molecule has 1 saturated heterocycles. The van der Waals surface area contributed by atoms with Gasteiger partial charge in [-0.15, -0.1) is 11.8 Å². The smallest absolute Gasteiger partial charge is 0.323 e. The van der Waals surface area contributed by atoms with Crippen LogP contribution < -0.4 is 14.8 Å². The summed E-state index contributed by atoms with van der Waals surface area (Å²) in [6.45, 7) is 1.15. The van der Waals surface area contributed by atoms with Crippen molar-refractivity contribution >= 4 is 39.4 Å².